The van der Waals surface area contributed by atoms with Crippen molar-refractivity contribution in [2.75, 3.05) is 12.3 Å². The summed E-state index contributed by atoms with van der Waals surface area (Å²) < 4.78 is 33.4. The number of carbonyl (C=O) groups is 1. The Hall–Kier alpha value is -1.85. The Labute approximate surface area is 97.3 Å². The lowest BCUT2D eigenvalue weighted by molar-refractivity contribution is -0.0504. The number of halogens is 2. The molecule has 0 amide bonds. The largest absolute Gasteiger partial charge is 0.462 e. The van der Waals surface area contributed by atoms with Gasteiger partial charge in [-0.3, -0.25) is 0 Å². The molecule has 1 aromatic rings. The molecule has 94 valence electrons. The van der Waals surface area contributed by atoms with Gasteiger partial charge in [0.05, 0.1) is 6.61 Å². The van der Waals surface area contributed by atoms with Gasteiger partial charge in [-0.05, 0) is 31.5 Å². The number of rotatable bonds is 4. The quantitative estimate of drug-likeness (QED) is 0.653. The van der Waals surface area contributed by atoms with Crippen LogP contribution in [0.1, 0.15) is 22.8 Å². The smallest absolute Gasteiger partial charge is 0.387 e. The molecule has 0 saturated heterocycles. The number of esters is 1. The van der Waals surface area contributed by atoms with Crippen LogP contribution in [0.4, 0.5) is 14.5 Å². The van der Waals surface area contributed by atoms with Gasteiger partial charge < -0.3 is 15.2 Å². The van der Waals surface area contributed by atoms with Gasteiger partial charge in [-0.15, -0.1) is 0 Å². The normalized spacial score (nSPS) is 10.4. The molecule has 0 unspecified atom stereocenters. The van der Waals surface area contributed by atoms with Gasteiger partial charge in [0, 0.05) is 5.69 Å². The van der Waals surface area contributed by atoms with Crippen molar-refractivity contribution in [1.82, 2.24) is 0 Å². The van der Waals surface area contributed by atoms with Crippen LogP contribution in [0.5, 0.6) is 5.75 Å². The van der Waals surface area contributed by atoms with Gasteiger partial charge in [-0.2, -0.15) is 8.78 Å². The Bertz CT molecular complexity index is 421. The number of nitrogen functional groups attached to an aromatic ring is 1. The van der Waals surface area contributed by atoms with E-state index in [9.17, 15) is 13.6 Å². The zero-order valence-electron chi connectivity index (χ0n) is 9.50. The molecule has 0 spiro atoms. The van der Waals surface area contributed by atoms with Gasteiger partial charge in [0.1, 0.15) is 11.3 Å². The standard InChI is InChI=1S/C11H13F2NO3/c1-3-16-10(15)9-6(2)7(14)4-5-8(9)17-11(12)13/h4-5,11H,3,14H2,1-2H3. The van der Waals surface area contributed by atoms with E-state index in [1.54, 1.807) is 13.8 Å². The van der Waals surface area contributed by atoms with Crippen molar-refractivity contribution in [2.24, 2.45) is 0 Å². The second kappa shape index (κ2) is 5.47. The maximum atomic E-state index is 12.2. The average Bonchev–Trinajstić information content (AvgIpc) is 2.23. The zero-order chi connectivity index (χ0) is 13.0. The SMILES string of the molecule is CCOC(=O)c1c(OC(F)F)ccc(N)c1C. The van der Waals surface area contributed by atoms with Gasteiger partial charge in [-0.25, -0.2) is 4.79 Å². The third-order valence-corrected chi connectivity index (χ3v) is 2.16. The third kappa shape index (κ3) is 3.05. The van der Waals surface area contributed by atoms with Crippen LogP contribution in [0.2, 0.25) is 0 Å². The van der Waals surface area contributed by atoms with Crippen molar-refractivity contribution >= 4 is 11.7 Å². The van der Waals surface area contributed by atoms with Crippen LogP contribution < -0.4 is 10.5 Å². The molecule has 0 aliphatic rings. The van der Waals surface area contributed by atoms with E-state index >= 15 is 0 Å². The van der Waals surface area contributed by atoms with Gasteiger partial charge in [0.15, 0.2) is 0 Å². The Morgan fingerprint density at radius 3 is 2.65 bits per heavy atom. The van der Waals surface area contributed by atoms with Crippen molar-refractivity contribution < 1.29 is 23.0 Å². The van der Waals surface area contributed by atoms with E-state index in [2.05, 4.69) is 4.74 Å². The number of hydrogen-bond acceptors (Lipinski definition) is 4. The highest BCUT2D eigenvalue weighted by Gasteiger charge is 2.20. The fourth-order valence-corrected chi connectivity index (χ4v) is 1.35. The first-order chi connectivity index (χ1) is 7.97. The van der Waals surface area contributed by atoms with E-state index in [1.165, 1.54) is 12.1 Å². The van der Waals surface area contributed by atoms with Gasteiger partial charge in [-0.1, -0.05) is 0 Å². The zero-order valence-corrected chi connectivity index (χ0v) is 9.50. The summed E-state index contributed by atoms with van der Waals surface area (Å²) in [5, 5.41) is 0. The van der Waals surface area contributed by atoms with Crippen molar-refractivity contribution in [3.8, 4) is 5.75 Å². The Balaban J connectivity index is 3.21. The molecule has 0 heterocycles. The number of hydrogen-bond donors (Lipinski definition) is 1. The molecule has 4 nitrogen and oxygen atoms in total. The van der Waals surface area contributed by atoms with Crippen LogP contribution in [-0.4, -0.2) is 19.2 Å². The molecule has 0 saturated carbocycles. The highest BCUT2D eigenvalue weighted by Crippen LogP contribution is 2.28. The summed E-state index contributed by atoms with van der Waals surface area (Å²) in [7, 11) is 0. The van der Waals surface area contributed by atoms with Crippen LogP contribution in [-0.2, 0) is 4.74 Å². The maximum absolute atomic E-state index is 12.2. The van der Waals surface area contributed by atoms with E-state index in [4.69, 9.17) is 10.5 Å². The third-order valence-electron chi connectivity index (χ3n) is 2.16. The first-order valence-electron chi connectivity index (χ1n) is 4.98. The minimum Gasteiger partial charge on any atom is -0.462 e. The van der Waals surface area contributed by atoms with Crippen molar-refractivity contribution in [1.29, 1.82) is 0 Å². The first-order valence-corrected chi connectivity index (χ1v) is 4.98. The number of carbonyl (C=O) groups excluding carboxylic acids is 1. The summed E-state index contributed by atoms with van der Waals surface area (Å²) in [4.78, 5) is 11.6. The van der Waals surface area contributed by atoms with Crippen LogP contribution in [0.25, 0.3) is 0 Å². The average molecular weight is 245 g/mol. The van der Waals surface area contributed by atoms with E-state index in [1.807, 2.05) is 0 Å². The molecule has 0 bridgehead atoms. The summed E-state index contributed by atoms with van der Waals surface area (Å²) >= 11 is 0. The van der Waals surface area contributed by atoms with Gasteiger partial charge >= 0.3 is 12.6 Å². The van der Waals surface area contributed by atoms with E-state index in [-0.39, 0.29) is 17.9 Å². The molecule has 1 aromatic carbocycles. The lowest BCUT2D eigenvalue weighted by atomic mass is 10.1. The second-order valence-electron chi connectivity index (χ2n) is 3.25. The molecule has 2 N–H and O–H groups in total. The Kier molecular flexibility index (Phi) is 4.25. The molecular weight excluding hydrogens is 232 g/mol. The highest BCUT2D eigenvalue weighted by atomic mass is 19.3. The number of ether oxygens (including phenoxy) is 2. The summed E-state index contributed by atoms with van der Waals surface area (Å²) in [6.07, 6.45) is 0. The molecule has 0 aliphatic carbocycles. The van der Waals surface area contributed by atoms with Crippen molar-refractivity contribution in [3.63, 3.8) is 0 Å². The van der Waals surface area contributed by atoms with E-state index < -0.39 is 12.6 Å². The fourth-order valence-electron chi connectivity index (χ4n) is 1.35. The van der Waals surface area contributed by atoms with Crippen molar-refractivity contribution in [2.45, 2.75) is 20.5 Å². The number of benzene rings is 1. The number of alkyl halides is 2. The molecule has 0 radical (unpaired) electrons. The molecule has 0 aromatic heterocycles. The Morgan fingerprint density at radius 1 is 1.47 bits per heavy atom. The summed E-state index contributed by atoms with van der Waals surface area (Å²) in [5.74, 6) is -0.960. The highest BCUT2D eigenvalue weighted by molar-refractivity contribution is 5.95. The monoisotopic (exact) mass is 245 g/mol. The van der Waals surface area contributed by atoms with Crippen LogP contribution in [0, 0.1) is 6.92 Å². The minimum absolute atomic E-state index is 0.0628. The summed E-state index contributed by atoms with van der Waals surface area (Å²) in [6, 6.07) is 2.62. The van der Waals surface area contributed by atoms with E-state index in [0.717, 1.165) is 0 Å². The van der Waals surface area contributed by atoms with Crippen LogP contribution in [0.15, 0.2) is 12.1 Å². The lowest BCUT2D eigenvalue weighted by Crippen LogP contribution is -2.13. The fraction of sp³-hybridized carbons (Fsp3) is 0.364. The molecule has 0 atom stereocenters. The summed E-state index contributed by atoms with van der Waals surface area (Å²) in [5.41, 5.74) is 6.22. The van der Waals surface area contributed by atoms with Crippen LogP contribution in [0.3, 0.4) is 0 Å². The second-order valence-corrected chi connectivity index (χ2v) is 3.25. The lowest BCUT2D eigenvalue weighted by Gasteiger charge is -2.13. The van der Waals surface area contributed by atoms with Gasteiger partial charge in [0.2, 0.25) is 0 Å². The van der Waals surface area contributed by atoms with E-state index in [0.29, 0.717) is 11.3 Å². The maximum Gasteiger partial charge on any atom is 0.387 e. The number of nitrogens with two attached hydrogens (primary N) is 1. The molecule has 6 heteroatoms. The number of anilines is 1. The summed E-state index contributed by atoms with van der Waals surface area (Å²) in [6.45, 7) is 0.292. The first kappa shape index (κ1) is 13.2. The Morgan fingerprint density at radius 2 is 2.12 bits per heavy atom. The molecular formula is C11H13F2NO3. The molecule has 0 fully saturated rings. The molecule has 0 aliphatic heterocycles. The molecule has 17 heavy (non-hydrogen) atoms. The van der Waals surface area contributed by atoms with Gasteiger partial charge in [0.25, 0.3) is 0 Å². The topological polar surface area (TPSA) is 61.5 Å². The predicted molar refractivity (Wildman–Crippen MR) is 58.2 cm³/mol. The van der Waals surface area contributed by atoms with Crippen LogP contribution >= 0.6 is 0 Å². The predicted octanol–water partition coefficient (Wildman–Crippen LogP) is 2.36. The molecule has 1 rings (SSSR count). The van der Waals surface area contributed by atoms with Crippen molar-refractivity contribution in [3.05, 3.63) is 23.3 Å². The minimum atomic E-state index is -3.01.